The minimum Gasteiger partial charge on any atom is -0.381 e. The summed E-state index contributed by atoms with van der Waals surface area (Å²) in [6, 6.07) is 7.39. The number of para-hydroxylation sites is 2. The first kappa shape index (κ1) is 16.8. The molecule has 0 aliphatic rings. The predicted octanol–water partition coefficient (Wildman–Crippen LogP) is 2.67. The SMILES string of the molecule is COC(C)(C)CC(C)Nc1ccccc1NS(C)(=O)=O. The van der Waals surface area contributed by atoms with Gasteiger partial charge in [-0.2, -0.15) is 0 Å². The van der Waals surface area contributed by atoms with Crippen LogP contribution in [0, 0.1) is 0 Å². The molecule has 0 bridgehead atoms. The number of sulfonamides is 1. The van der Waals surface area contributed by atoms with Crippen LogP contribution in [-0.4, -0.2) is 33.4 Å². The van der Waals surface area contributed by atoms with Crippen molar-refractivity contribution in [2.75, 3.05) is 23.4 Å². The first-order valence-corrected chi connectivity index (χ1v) is 8.40. The van der Waals surface area contributed by atoms with Crippen molar-refractivity contribution in [1.29, 1.82) is 0 Å². The molecule has 114 valence electrons. The van der Waals surface area contributed by atoms with E-state index >= 15 is 0 Å². The molecule has 5 nitrogen and oxygen atoms in total. The molecule has 0 saturated carbocycles. The Labute approximate surface area is 121 Å². The number of benzene rings is 1. The van der Waals surface area contributed by atoms with E-state index in [1.54, 1.807) is 19.2 Å². The molecule has 0 fully saturated rings. The normalized spacial score (nSPS) is 13.8. The van der Waals surface area contributed by atoms with Crippen molar-refractivity contribution in [3.05, 3.63) is 24.3 Å². The minimum absolute atomic E-state index is 0.146. The zero-order valence-corrected chi connectivity index (χ0v) is 13.5. The molecule has 0 aliphatic heterocycles. The van der Waals surface area contributed by atoms with Crippen LogP contribution < -0.4 is 10.0 Å². The summed E-state index contributed by atoms with van der Waals surface area (Å²) in [7, 11) is -1.60. The highest BCUT2D eigenvalue weighted by Gasteiger charge is 2.20. The second kappa shape index (κ2) is 6.45. The van der Waals surface area contributed by atoms with Crippen LogP contribution in [0.5, 0.6) is 0 Å². The lowest BCUT2D eigenvalue weighted by atomic mass is 9.99. The van der Waals surface area contributed by atoms with Crippen LogP contribution in [0.25, 0.3) is 0 Å². The van der Waals surface area contributed by atoms with E-state index in [0.29, 0.717) is 5.69 Å². The molecule has 20 heavy (non-hydrogen) atoms. The van der Waals surface area contributed by atoms with Crippen LogP contribution in [0.1, 0.15) is 27.2 Å². The fraction of sp³-hybridized carbons (Fsp3) is 0.571. The zero-order valence-electron chi connectivity index (χ0n) is 12.7. The van der Waals surface area contributed by atoms with Gasteiger partial charge in [-0.05, 0) is 39.3 Å². The lowest BCUT2D eigenvalue weighted by Gasteiger charge is -2.28. The van der Waals surface area contributed by atoms with Gasteiger partial charge in [-0.25, -0.2) is 8.42 Å². The monoisotopic (exact) mass is 300 g/mol. The molecule has 2 N–H and O–H groups in total. The van der Waals surface area contributed by atoms with Crippen molar-refractivity contribution >= 4 is 21.4 Å². The van der Waals surface area contributed by atoms with Gasteiger partial charge in [0.2, 0.25) is 10.0 Å². The molecule has 0 aromatic heterocycles. The van der Waals surface area contributed by atoms with E-state index in [2.05, 4.69) is 10.0 Å². The summed E-state index contributed by atoms with van der Waals surface area (Å²) in [5.41, 5.74) is 1.08. The third-order valence-corrected chi connectivity index (χ3v) is 3.57. The summed E-state index contributed by atoms with van der Waals surface area (Å²) in [6.07, 6.45) is 1.94. The van der Waals surface area contributed by atoms with Crippen LogP contribution in [0.3, 0.4) is 0 Å². The molecule has 1 aromatic carbocycles. The number of methoxy groups -OCH3 is 1. The van der Waals surface area contributed by atoms with E-state index in [0.717, 1.165) is 18.4 Å². The van der Waals surface area contributed by atoms with E-state index < -0.39 is 10.0 Å². The Morgan fingerprint density at radius 2 is 1.80 bits per heavy atom. The topological polar surface area (TPSA) is 67.4 Å². The smallest absolute Gasteiger partial charge is 0.229 e. The van der Waals surface area contributed by atoms with Crippen molar-refractivity contribution < 1.29 is 13.2 Å². The highest BCUT2D eigenvalue weighted by molar-refractivity contribution is 7.92. The Hall–Kier alpha value is -1.27. The van der Waals surface area contributed by atoms with Gasteiger partial charge in [-0.1, -0.05) is 12.1 Å². The van der Waals surface area contributed by atoms with E-state index in [1.165, 1.54) is 0 Å². The van der Waals surface area contributed by atoms with Gasteiger partial charge in [-0.3, -0.25) is 4.72 Å². The molecular formula is C14H24N2O3S. The highest BCUT2D eigenvalue weighted by atomic mass is 32.2. The molecule has 0 aliphatic carbocycles. The van der Waals surface area contributed by atoms with Crippen LogP contribution in [-0.2, 0) is 14.8 Å². The molecule has 0 heterocycles. The van der Waals surface area contributed by atoms with Crippen molar-refractivity contribution in [3.8, 4) is 0 Å². The van der Waals surface area contributed by atoms with E-state index in [1.807, 2.05) is 32.9 Å². The molecule has 0 spiro atoms. The van der Waals surface area contributed by atoms with Crippen molar-refractivity contribution in [3.63, 3.8) is 0 Å². The largest absolute Gasteiger partial charge is 0.381 e. The maximum Gasteiger partial charge on any atom is 0.229 e. The number of hydrogen-bond donors (Lipinski definition) is 2. The first-order valence-electron chi connectivity index (χ1n) is 6.51. The predicted molar refractivity (Wildman–Crippen MR) is 83.7 cm³/mol. The van der Waals surface area contributed by atoms with Crippen molar-refractivity contribution in [1.82, 2.24) is 0 Å². The van der Waals surface area contributed by atoms with Gasteiger partial charge < -0.3 is 10.1 Å². The molecule has 1 unspecified atom stereocenters. The van der Waals surface area contributed by atoms with Crippen molar-refractivity contribution in [2.24, 2.45) is 0 Å². The lowest BCUT2D eigenvalue weighted by Crippen LogP contribution is -2.31. The van der Waals surface area contributed by atoms with Gasteiger partial charge in [0.1, 0.15) is 0 Å². The Kier molecular flexibility index (Phi) is 5.42. The summed E-state index contributed by atoms with van der Waals surface area (Å²) >= 11 is 0. The Bertz CT molecular complexity index is 541. The minimum atomic E-state index is -3.29. The average molecular weight is 300 g/mol. The summed E-state index contributed by atoms with van der Waals surface area (Å²) in [5.74, 6) is 0. The Morgan fingerprint density at radius 1 is 1.25 bits per heavy atom. The second-order valence-electron chi connectivity index (χ2n) is 5.63. The quantitative estimate of drug-likeness (QED) is 0.812. The number of nitrogens with one attached hydrogen (secondary N) is 2. The fourth-order valence-corrected chi connectivity index (χ4v) is 2.61. The zero-order chi connectivity index (χ0) is 15.4. The molecule has 0 radical (unpaired) electrons. The van der Waals surface area contributed by atoms with Gasteiger partial charge in [0, 0.05) is 13.2 Å². The van der Waals surface area contributed by atoms with Gasteiger partial charge in [0.15, 0.2) is 0 Å². The molecule has 0 amide bonds. The summed E-state index contributed by atoms with van der Waals surface area (Å²) in [5, 5.41) is 3.32. The number of hydrogen-bond acceptors (Lipinski definition) is 4. The number of ether oxygens (including phenoxy) is 1. The van der Waals surface area contributed by atoms with Gasteiger partial charge in [-0.15, -0.1) is 0 Å². The van der Waals surface area contributed by atoms with Crippen molar-refractivity contribution in [2.45, 2.75) is 38.8 Å². The van der Waals surface area contributed by atoms with E-state index in [9.17, 15) is 8.42 Å². The molecule has 1 rings (SSSR count). The fourth-order valence-electron chi connectivity index (χ4n) is 2.03. The average Bonchev–Trinajstić information content (AvgIpc) is 2.29. The Morgan fingerprint density at radius 3 is 2.30 bits per heavy atom. The first-order chi connectivity index (χ1) is 9.13. The van der Waals surface area contributed by atoms with Crippen LogP contribution in [0.4, 0.5) is 11.4 Å². The van der Waals surface area contributed by atoms with E-state index in [4.69, 9.17) is 4.74 Å². The molecule has 6 heteroatoms. The highest BCUT2D eigenvalue weighted by Crippen LogP contribution is 2.25. The van der Waals surface area contributed by atoms with Gasteiger partial charge in [0.05, 0.1) is 23.2 Å². The summed E-state index contributed by atoms with van der Waals surface area (Å²) in [6.45, 7) is 6.08. The lowest BCUT2D eigenvalue weighted by molar-refractivity contribution is 0.0128. The molecule has 1 atom stereocenters. The number of anilines is 2. The summed E-state index contributed by atoms with van der Waals surface area (Å²) < 4.78 is 30.6. The maximum absolute atomic E-state index is 11.4. The standard InChI is InChI=1S/C14H24N2O3S/c1-11(10-14(2,3)19-4)15-12-8-6-7-9-13(12)16-20(5,17)18/h6-9,11,15-16H,10H2,1-5H3. The van der Waals surface area contributed by atoms with Gasteiger partial charge >= 0.3 is 0 Å². The molecule has 0 saturated heterocycles. The van der Waals surface area contributed by atoms with Crippen LogP contribution >= 0.6 is 0 Å². The Balaban J connectivity index is 2.82. The molecule has 1 aromatic rings. The van der Waals surface area contributed by atoms with Gasteiger partial charge in [0.25, 0.3) is 0 Å². The second-order valence-corrected chi connectivity index (χ2v) is 7.38. The summed E-state index contributed by atoms with van der Waals surface area (Å²) in [4.78, 5) is 0. The van der Waals surface area contributed by atoms with E-state index in [-0.39, 0.29) is 11.6 Å². The molecular weight excluding hydrogens is 276 g/mol. The van der Waals surface area contributed by atoms with Crippen LogP contribution in [0.15, 0.2) is 24.3 Å². The van der Waals surface area contributed by atoms with Crippen LogP contribution in [0.2, 0.25) is 0 Å². The third-order valence-electron chi connectivity index (χ3n) is 2.97. The third kappa shape index (κ3) is 5.79. The number of rotatable bonds is 7. The maximum atomic E-state index is 11.4.